The number of carbonyl (C=O) groups excluding carboxylic acids is 1. The lowest BCUT2D eigenvalue weighted by atomic mass is 9.80. The number of alkyl halides is 3. The number of aliphatic hydroxyl groups excluding tert-OH is 1. The first-order valence-electron chi connectivity index (χ1n) is 13.5. The number of carbonyl (C=O) groups is 1. The predicted octanol–water partition coefficient (Wildman–Crippen LogP) is 3.84. The number of aromatic nitrogens is 2. The molecule has 9 nitrogen and oxygen atoms in total. The smallest absolute Gasteiger partial charge is 0.418 e. The molecule has 0 spiro atoms. The molecule has 1 saturated heterocycles. The van der Waals surface area contributed by atoms with E-state index in [9.17, 15) is 23.1 Å². The lowest BCUT2D eigenvalue weighted by molar-refractivity contribution is -0.206. The van der Waals surface area contributed by atoms with Gasteiger partial charge < -0.3 is 25.2 Å². The summed E-state index contributed by atoms with van der Waals surface area (Å²) in [5.74, 6) is 2.24. The molecule has 214 valence electrons. The van der Waals surface area contributed by atoms with E-state index < -0.39 is 12.3 Å². The molecule has 12 heteroatoms. The molecule has 0 bridgehead atoms. The van der Waals surface area contributed by atoms with Crippen molar-refractivity contribution in [3.05, 3.63) is 47.5 Å². The SMILES string of the molecule is Cn1nc(NCC(=O)NC2CN([C@H]3CC[C@@H](c4ccc5c(c4)OCO5)CC3)C2)c2cc(C(O)C(F)(F)F)ccc21. The fourth-order valence-electron chi connectivity index (χ4n) is 6.06. The fraction of sp³-hybridized carbons (Fsp3) is 0.500. The van der Waals surface area contributed by atoms with Gasteiger partial charge in [0.2, 0.25) is 12.7 Å². The number of aryl methyl sites for hydroxylation is 1. The number of fused-ring (bicyclic) bond motifs is 2. The van der Waals surface area contributed by atoms with Gasteiger partial charge in [-0.3, -0.25) is 14.4 Å². The molecule has 2 aliphatic heterocycles. The van der Waals surface area contributed by atoms with Crippen molar-refractivity contribution in [2.24, 2.45) is 7.05 Å². The molecule has 1 saturated carbocycles. The second-order valence-corrected chi connectivity index (χ2v) is 10.9. The molecular formula is C28H32F3N5O4. The van der Waals surface area contributed by atoms with Crippen molar-refractivity contribution in [1.29, 1.82) is 0 Å². The minimum Gasteiger partial charge on any atom is -0.454 e. The van der Waals surface area contributed by atoms with Gasteiger partial charge in [-0.15, -0.1) is 0 Å². The van der Waals surface area contributed by atoms with E-state index in [0.717, 1.165) is 50.3 Å². The van der Waals surface area contributed by atoms with Crippen LogP contribution >= 0.6 is 0 Å². The number of rotatable bonds is 7. The van der Waals surface area contributed by atoms with Crippen LogP contribution in [0.3, 0.4) is 0 Å². The summed E-state index contributed by atoms with van der Waals surface area (Å²) < 4.78 is 51.4. The van der Waals surface area contributed by atoms with Gasteiger partial charge in [-0.05, 0) is 67.0 Å². The first kappa shape index (κ1) is 26.7. The predicted molar refractivity (Wildman–Crippen MR) is 141 cm³/mol. The number of anilines is 1. The molecule has 0 radical (unpaired) electrons. The Morgan fingerprint density at radius 2 is 1.85 bits per heavy atom. The summed E-state index contributed by atoms with van der Waals surface area (Å²) in [6, 6.07) is 10.8. The zero-order chi connectivity index (χ0) is 28.0. The second kappa shape index (κ2) is 10.5. The molecule has 1 amide bonds. The first-order chi connectivity index (χ1) is 19.2. The molecular weight excluding hydrogens is 527 g/mol. The van der Waals surface area contributed by atoms with Crippen molar-refractivity contribution >= 4 is 22.6 Å². The normalized spacial score (nSPS) is 22.2. The van der Waals surface area contributed by atoms with Gasteiger partial charge in [-0.2, -0.15) is 18.3 Å². The van der Waals surface area contributed by atoms with Crippen molar-refractivity contribution in [2.75, 3.05) is 31.7 Å². The molecule has 6 rings (SSSR count). The van der Waals surface area contributed by atoms with Crippen LogP contribution in [0.25, 0.3) is 10.9 Å². The Bertz CT molecular complexity index is 1400. The topological polar surface area (TPSA) is 101 Å². The summed E-state index contributed by atoms with van der Waals surface area (Å²) >= 11 is 0. The molecule has 3 aromatic rings. The Labute approximate surface area is 229 Å². The minimum atomic E-state index is -4.77. The average molecular weight is 560 g/mol. The lowest BCUT2D eigenvalue weighted by Gasteiger charge is -2.46. The van der Waals surface area contributed by atoms with E-state index >= 15 is 0 Å². The Morgan fingerprint density at radius 3 is 2.60 bits per heavy atom. The molecule has 1 aliphatic carbocycles. The van der Waals surface area contributed by atoms with Crippen LogP contribution in [0.5, 0.6) is 11.5 Å². The molecule has 3 heterocycles. The Morgan fingerprint density at radius 1 is 1.10 bits per heavy atom. The third-order valence-electron chi connectivity index (χ3n) is 8.27. The van der Waals surface area contributed by atoms with Crippen LogP contribution in [0.4, 0.5) is 19.0 Å². The van der Waals surface area contributed by atoms with Gasteiger partial charge in [-0.25, -0.2) is 0 Å². The van der Waals surface area contributed by atoms with Crippen LogP contribution < -0.4 is 20.1 Å². The number of hydrogen-bond acceptors (Lipinski definition) is 7. The van der Waals surface area contributed by atoms with Crippen LogP contribution in [0.1, 0.15) is 48.8 Å². The maximum Gasteiger partial charge on any atom is 0.418 e. The molecule has 40 heavy (non-hydrogen) atoms. The third-order valence-corrected chi connectivity index (χ3v) is 8.27. The summed E-state index contributed by atoms with van der Waals surface area (Å²) in [4.78, 5) is 15.0. The minimum absolute atomic E-state index is 0.0602. The number of likely N-dealkylation sites (tertiary alicyclic amines) is 1. The van der Waals surface area contributed by atoms with E-state index in [1.807, 2.05) is 6.07 Å². The number of halogens is 3. The van der Waals surface area contributed by atoms with E-state index in [4.69, 9.17) is 9.47 Å². The molecule has 1 atom stereocenters. The standard InChI is InChI=1S/C28H32F3N5O4/c1-35-22-8-4-18(26(38)28(29,30)31)10-21(22)27(34-35)32-12-25(37)33-19-13-36(14-19)20-6-2-16(3-7-20)17-5-9-23-24(11-17)40-15-39-23/h4-5,8-11,16,19-20,26,38H,2-3,6-7,12-15H2,1H3,(H,32,34)(H,33,37)/t16-,20+,26?. The molecule has 1 aromatic heterocycles. The highest BCUT2D eigenvalue weighted by Crippen LogP contribution is 2.40. The summed E-state index contributed by atoms with van der Waals surface area (Å²) in [5, 5.41) is 20.3. The average Bonchev–Trinajstić information content (AvgIpc) is 3.51. The fourth-order valence-corrected chi connectivity index (χ4v) is 6.06. The maximum atomic E-state index is 13.0. The van der Waals surface area contributed by atoms with Gasteiger partial charge >= 0.3 is 6.18 Å². The largest absolute Gasteiger partial charge is 0.454 e. The number of hydrogen-bond donors (Lipinski definition) is 3. The number of aliphatic hydroxyl groups is 1. The number of benzene rings is 2. The van der Waals surface area contributed by atoms with Gasteiger partial charge in [0, 0.05) is 31.6 Å². The summed E-state index contributed by atoms with van der Waals surface area (Å²) in [6.45, 7) is 1.83. The number of nitrogens with zero attached hydrogens (tertiary/aromatic N) is 3. The van der Waals surface area contributed by atoms with Gasteiger partial charge in [0.25, 0.3) is 0 Å². The summed E-state index contributed by atoms with van der Waals surface area (Å²) in [6.07, 6.45) is -2.91. The zero-order valence-electron chi connectivity index (χ0n) is 22.1. The number of nitrogens with one attached hydrogen (secondary N) is 2. The highest BCUT2D eigenvalue weighted by atomic mass is 19.4. The Balaban J connectivity index is 0.966. The van der Waals surface area contributed by atoms with Crippen molar-refractivity contribution in [2.45, 2.75) is 56.0 Å². The van der Waals surface area contributed by atoms with Crippen molar-refractivity contribution in [3.8, 4) is 11.5 Å². The van der Waals surface area contributed by atoms with E-state index in [-0.39, 0.29) is 30.9 Å². The monoisotopic (exact) mass is 559 g/mol. The van der Waals surface area contributed by atoms with Crippen molar-refractivity contribution in [3.63, 3.8) is 0 Å². The van der Waals surface area contributed by atoms with Crippen LogP contribution in [-0.4, -0.2) is 70.4 Å². The van der Waals surface area contributed by atoms with Gasteiger partial charge in [0.1, 0.15) is 0 Å². The zero-order valence-corrected chi connectivity index (χ0v) is 22.1. The van der Waals surface area contributed by atoms with E-state index in [0.29, 0.717) is 28.7 Å². The molecule has 1 unspecified atom stereocenters. The Kier molecular flexibility index (Phi) is 6.99. The lowest BCUT2D eigenvalue weighted by Crippen LogP contribution is -2.63. The quantitative estimate of drug-likeness (QED) is 0.405. The highest BCUT2D eigenvalue weighted by Gasteiger charge is 2.39. The number of amides is 1. The van der Waals surface area contributed by atoms with E-state index in [2.05, 4.69) is 32.8 Å². The Hall–Kier alpha value is -3.51. The van der Waals surface area contributed by atoms with Crippen molar-refractivity contribution in [1.82, 2.24) is 20.0 Å². The van der Waals surface area contributed by atoms with Crippen LogP contribution in [0.2, 0.25) is 0 Å². The summed E-state index contributed by atoms with van der Waals surface area (Å²) in [5.41, 5.74) is 1.61. The van der Waals surface area contributed by atoms with Crippen molar-refractivity contribution < 1.29 is 32.5 Å². The van der Waals surface area contributed by atoms with Gasteiger partial charge in [0.05, 0.1) is 18.1 Å². The van der Waals surface area contributed by atoms with Crippen LogP contribution in [-0.2, 0) is 11.8 Å². The van der Waals surface area contributed by atoms with E-state index in [1.165, 1.54) is 28.4 Å². The molecule has 3 N–H and O–H groups in total. The molecule has 2 aromatic carbocycles. The van der Waals surface area contributed by atoms with Crippen LogP contribution in [0.15, 0.2) is 36.4 Å². The molecule has 2 fully saturated rings. The number of ether oxygens (including phenoxy) is 2. The maximum absolute atomic E-state index is 13.0. The van der Waals surface area contributed by atoms with Gasteiger partial charge in [0.15, 0.2) is 23.4 Å². The second-order valence-electron chi connectivity index (χ2n) is 10.9. The third kappa shape index (κ3) is 5.29. The van der Waals surface area contributed by atoms with Crippen LogP contribution in [0, 0.1) is 0 Å². The summed E-state index contributed by atoms with van der Waals surface area (Å²) in [7, 11) is 1.67. The highest BCUT2D eigenvalue weighted by molar-refractivity contribution is 5.92. The van der Waals surface area contributed by atoms with Gasteiger partial charge in [-0.1, -0.05) is 12.1 Å². The first-order valence-corrected chi connectivity index (χ1v) is 13.5. The van der Waals surface area contributed by atoms with E-state index in [1.54, 1.807) is 7.05 Å². The molecule has 3 aliphatic rings.